The molecule has 1 amide bonds. The number of rotatable bonds is 3. The van der Waals surface area contributed by atoms with Crippen molar-refractivity contribution >= 4 is 11.6 Å². The van der Waals surface area contributed by atoms with Gasteiger partial charge in [0.15, 0.2) is 0 Å². The molecule has 0 radical (unpaired) electrons. The van der Waals surface area contributed by atoms with Gasteiger partial charge in [-0.1, -0.05) is 30.3 Å². The predicted molar refractivity (Wildman–Crippen MR) is 85.9 cm³/mol. The van der Waals surface area contributed by atoms with Crippen LogP contribution in [0.1, 0.15) is 6.92 Å². The summed E-state index contributed by atoms with van der Waals surface area (Å²) in [6, 6.07) is 14.2. The van der Waals surface area contributed by atoms with Crippen molar-refractivity contribution in [2.75, 3.05) is 5.32 Å². The van der Waals surface area contributed by atoms with Crippen LogP contribution in [0.5, 0.6) is 0 Å². The van der Waals surface area contributed by atoms with Crippen LogP contribution in [-0.4, -0.2) is 10.9 Å². The summed E-state index contributed by atoms with van der Waals surface area (Å²) >= 11 is 0. The van der Waals surface area contributed by atoms with E-state index in [0.29, 0.717) is 5.56 Å². The zero-order valence-electron chi connectivity index (χ0n) is 12.1. The number of anilines is 1. The number of nitrogens with one attached hydrogen (secondary N) is 2. The molecule has 3 rings (SSSR count). The first-order valence-electron chi connectivity index (χ1n) is 6.95. The molecule has 0 atom stereocenters. The highest BCUT2D eigenvalue weighted by molar-refractivity contribution is 5.89. The summed E-state index contributed by atoms with van der Waals surface area (Å²) in [6.07, 6.45) is 3.63. The zero-order valence-corrected chi connectivity index (χ0v) is 12.1. The van der Waals surface area contributed by atoms with Gasteiger partial charge in [0.1, 0.15) is 5.82 Å². The van der Waals surface area contributed by atoms with Gasteiger partial charge in [-0.2, -0.15) is 0 Å². The Bertz CT molecular complexity index is 806. The second kappa shape index (κ2) is 5.85. The van der Waals surface area contributed by atoms with Crippen molar-refractivity contribution in [2.45, 2.75) is 6.92 Å². The maximum absolute atomic E-state index is 14.0. The molecule has 2 aromatic carbocycles. The van der Waals surface area contributed by atoms with Crippen LogP contribution >= 0.6 is 0 Å². The standard InChI is InChI=1S/C18H15FN2O/c1-12(22)21-14-8-6-13(7-9-14)16-10-20-11-17(16)15-4-2-3-5-18(15)19/h2-11,20H,1H3,(H,21,22). The van der Waals surface area contributed by atoms with Crippen molar-refractivity contribution in [1.82, 2.24) is 4.98 Å². The number of halogens is 1. The van der Waals surface area contributed by atoms with Gasteiger partial charge in [-0.05, 0) is 23.8 Å². The van der Waals surface area contributed by atoms with Gasteiger partial charge < -0.3 is 10.3 Å². The van der Waals surface area contributed by atoms with Gasteiger partial charge in [-0.25, -0.2) is 4.39 Å². The second-order valence-electron chi connectivity index (χ2n) is 5.02. The predicted octanol–water partition coefficient (Wildman–Crippen LogP) is 4.45. The molecular weight excluding hydrogens is 279 g/mol. The number of H-pyrrole nitrogens is 1. The quantitative estimate of drug-likeness (QED) is 0.736. The van der Waals surface area contributed by atoms with Crippen LogP contribution in [0.15, 0.2) is 60.9 Å². The summed E-state index contributed by atoms with van der Waals surface area (Å²) in [5.41, 5.74) is 3.97. The van der Waals surface area contributed by atoms with E-state index in [1.807, 2.05) is 36.5 Å². The molecular formula is C18H15FN2O. The average molecular weight is 294 g/mol. The van der Waals surface area contributed by atoms with Gasteiger partial charge in [-0.15, -0.1) is 0 Å². The molecule has 1 heterocycles. The molecule has 0 aliphatic rings. The lowest BCUT2D eigenvalue weighted by atomic mass is 9.98. The van der Waals surface area contributed by atoms with E-state index in [0.717, 1.165) is 22.4 Å². The first kappa shape index (κ1) is 14.1. The van der Waals surface area contributed by atoms with E-state index < -0.39 is 0 Å². The molecule has 0 fully saturated rings. The largest absolute Gasteiger partial charge is 0.366 e. The van der Waals surface area contributed by atoms with E-state index in [-0.39, 0.29) is 11.7 Å². The molecule has 0 saturated heterocycles. The third-order valence-corrected chi connectivity index (χ3v) is 3.43. The molecule has 110 valence electrons. The second-order valence-corrected chi connectivity index (χ2v) is 5.02. The summed E-state index contributed by atoms with van der Waals surface area (Å²) in [5.74, 6) is -0.361. The highest BCUT2D eigenvalue weighted by atomic mass is 19.1. The molecule has 0 unspecified atom stereocenters. The molecule has 0 saturated carbocycles. The Hall–Kier alpha value is -2.88. The van der Waals surface area contributed by atoms with E-state index >= 15 is 0 Å². The smallest absolute Gasteiger partial charge is 0.221 e. The molecule has 0 bridgehead atoms. The topological polar surface area (TPSA) is 44.9 Å². The first-order chi connectivity index (χ1) is 10.6. The van der Waals surface area contributed by atoms with E-state index in [9.17, 15) is 9.18 Å². The van der Waals surface area contributed by atoms with Crippen LogP contribution < -0.4 is 5.32 Å². The molecule has 22 heavy (non-hydrogen) atoms. The number of hydrogen-bond donors (Lipinski definition) is 2. The van der Waals surface area contributed by atoms with Crippen molar-refractivity contribution in [3.8, 4) is 22.3 Å². The van der Waals surface area contributed by atoms with Gasteiger partial charge in [0, 0.05) is 41.7 Å². The Morgan fingerprint density at radius 2 is 1.64 bits per heavy atom. The lowest BCUT2D eigenvalue weighted by Crippen LogP contribution is -2.05. The minimum atomic E-state index is -0.252. The lowest BCUT2D eigenvalue weighted by molar-refractivity contribution is -0.114. The molecule has 4 heteroatoms. The number of hydrogen-bond acceptors (Lipinski definition) is 1. The van der Waals surface area contributed by atoms with Crippen molar-refractivity contribution in [3.63, 3.8) is 0 Å². The van der Waals surface area contributed by atoms with Gasteiger partial charge in [0.25, 0.3) is 0 Å². The fraction of sp³-hybridized carbons (Fsp3) is 0.0556. The summed E-state index contributed by atoms with van der Waals surface area (Å²) in [4.78, 5) is 14.1. The Morgan fingerprint density at radius 1 is 0.955 bits per heavy atom. The average Bonchev–Trinajstić information content (AvgIpc) is 2.97. The van der Waals surface area contributed by atoms with Gasteiger partial charge in [0.05, 0.1) is 0 Å². The molecule has 0 spiro atoms. The van der Waals surface area contributed by atoms with Gasteiger partial charge in [0.2, 0.25) is 5.91 Å². The lowest BCUT2D eigenvalue weighted by Gasteiger charge is -2.07. The summed E-state index contributed by atoms with van der Waals surface area (Å²) in [6.45, 7) is 1.47. The number of aromatic nitrogens is 1. The minimum absolute atomic E-state index is 0.110. The number of carbonyl (C=O) groups excluding carboxylic acids is 1. The number of benzene rings is 2. The normalized spacial score (nSPS) is 10.5. The molecule has 2 N–H and O–H groups in total. The van der Waals surface area contributed by atoms with Crippen LogP contribution in [0.25, 0.3) is 22.3 Å². The molecule has 3 nitrogen and oxygen atoms in total. The van der Waals surface area contributed by atoms with E-state index in [2.05, 4.69) is 10.3 Å². The Labute approximate surface area is 127 Å². The first-order valence-corrected chi connectivity index (χ1v) is 6.95. The number of aromatic amines is 1. The van der Waals surface area contributed by atoms with Crippen molar-refractivity contribution in [2.24, 2.45) is 0 Å². The minimum Gasteiger partial charge on any atom is -0.366 e. The van der Waals surface area contributed by atoms with E-state index in [1.54, 1.807) is 18.3 Å². The highest BCUT2D eigenvalue weighted by Gasteiger charge is 2.11. The van der Waals surface area contributed by atoms with Gasteiger partial charge in [-0.3, -0.25) is 4.79 Å². The van der Waals surface area contributed by atoms with Crippen molar-refractivity contribution < 1.29 is 9.18 Å². The fourth-order valence-corrected chi connectivity index (χ4v) is 2.44. The highest BCUT2D eigenvalue weighted by Crippen LogP contribution is 2.33. The van der Waals surface area contributed by atoms with Crippen LogP contribution in [0.4, 0.5) is 10.1 Å². The fourth-order valence-electron chi connectivity index (χ4n) is 2.44. The molecule has 0 aliphatic heterocycles. The number of carbonyl (C=O) groups is 1. The van der Waals surface area contributed by atoms with Crippen LogP contribution in [-0.2, 0) is 4.79 Å². The SMILES string of the molecule is CC(=O)Nc1ccc(-c2c[nH]cc2-c2ccccc2F)cc1. The van der Waals surface area contributed by atoms with Crippen molar-refractivity contribution in [1.29, 1.82) is 0 Å². The third kappa shape index (κ3) is 2.76. The summed E-state index contributed by atoms with van der Waals surface area (Å²) in [7, 11) is 0. The van der Waals surface area contributed by atoms with E-state index in [1.165, 1.54) is 13.0 Å². The Morgan fingerprint density at radius 3 is 2.32 bits per heavy atom. The van der Waals surface area contributed by atoms with Crippen molar-refractivity contribution in [3.05, 3.63) is 66.7 Å². The summed E-state index contributed by atoms with van der Waals surface area (Å²) < 4.78 is 14.0. The molecule has 1 aromatic heterocycles. The Kier molecular flexibility index (Phi) is 3.74. The molecule has 3 aromatic rings. The van der Waals surface area contributed by atoms with E-state index in [4.69, 9.17) is 0 Å². The maximum Gasteiger partial charge on any atom is 0.221 e. The number of amides is 1. The monoisotopic (exact) mass is 294 g/mol. The van der Waals surface area contributed by atoms with Crippen LogP contribution in [0, 0.1) is 5.82 Å². The third-order valence-electron chi connectivity index (χ3n) is 3.43. The summed E-state index contributed by atoms with van der Waals surface area (Å²) in [5, 5.41) is 2.73. The Balaban J connectivity index is 1.99. The van der Waals surface area contributed by atoms with Gasteiger partial charge >= 0.3 is 0 Å². The van der Waals surface area contributed by atoms with Crippen LogP contribution in [0.3, 0.4) is 0 Å². The maximum atomic E-state index is 14.0. The molecule has 0 aliphatic carbocycles. The zero-order chi connectivity index (χ0) is 15.5. The van der Waals surface area contributed by atoms with Crippen LogP contribution in [0.2, 0.25) is 0 Å².